The summed E-state index contributed by atoms with van der Waals surface area (Å²) >= 11 is 0. The van der Waals surface area contributed by atoms with Crippen LogP contribution in [0.15, 0.2) is 41.6 Å². The number of nitrogens with zero attached hydrogens (tertiary/aromatic N) is 2. The number of rotatable bonds is 2. The second kappa shape index (κ2) is 6.55. The van der Waals surface area contributed by atoms with Gasteiger partial charge >= 0.3 is 5.97 Å². The topological polar surface area (TPSA) is 103 Å². The van der Waals surface area contributed by atoms with Crippen molar-refractivity contribution in [3.8, 4) is 12.1 Å². The molecule has 6 heteroatoms. The predicted octanol–water partition coefficient (Wildman–Crippen LogP) is 1.38. The third-order valence-electron chi connectivity index (χ3n) is 3.53. The molecule has 1 aliphatic rings. The first-order valence-corrected chi connectivity index (χ1v) is 6.59. The Balaban J connectivity index is 2.54. The van der Waals surface area contributed by atoms with E-state index >= 15 is 0 Å². The van der Waals surface area contributed by atoms with Gasteiger partial charge in [0.25, 0.3) is 0 Å². The summed E-state index contributed by atoms with van der Waals surface area (Å²) in [5, 5.41) is 21.1. The molecule has 1 aromatic carbocycles. The van der Waals surface area contributed by atoms with E-state index in [2.05, 4.69) is 16.1 Å². The highest BCUT2D eigenvalue weighted by Gasteiger charge is 2.37. The summed E-state index contributed by atoms with van der Waals surface area (Å²) in [6, 6.07) is 12.9. The maximum atomic E-state index is 11.9. The van der Waals surface area contributed by atoms with Crippen molar-refractivity contribution in [2.24, 2.45) is 5.92 Å². The molecule has 2 rings (SSSR count). The van der Waals surface area contributed by atoms with Gasteiger partial charge < -0.3 is 10.1 Å². The summed E-state index contributed by atoms with van der Waals surface area (Å²) in [6.07, 6.45) is 0.117. The van der Waals surface area contributed by atoms with Crippen molar-refractivity contribution in [1.82, 2.24) is 5.32 Å². The van der Waals surface area contributed by atoms with E-state index in [4.69, 9.17) is 5.26 Å². The fourth-order valence-electron chi connectivity index (χ4n) is 2.50. The number of amides is 1. The Kier molecular flexibility index (Phi) is 4.55. The summed E-state index contributed by atoms with van der Waals surface area (Å²) in [4.78, 5) is 23.6. The van der Waals surface area contributed by atoms with Crippen molar-refractivity contribution in [1.29, 1.82) is 10.5 Å². The zero-order valence-electron chi connectivity index (χ0n) is 11.9. The maximum Gasteiger partial charge on any atom is 0.350 e. The summed E-state index contributed by atoms with van der Waals surface area (Å²) in [6.45, 7) is 0. The second-order valence-electron chi connectivity index (χ2n) is 4.77. The summed E-state index contributed by atoms with van der Waals surface area (Å²) < 4.78 is 4.55. The number of esters is 1. The van der Waals surface area contributed by atoms with E-state index in [1.807, 2.05) is 30.3 Å². The number of nitrogens with one attached hydrogen (secondary N) is 1. The normalized spacial score (nSPS) is 22.8. The minimum Gasteiger partial charge on any atom is -0.465 e. The monoisotopic (exact) mass is 295 g/mol. The van der Waals surface area contributed by atoms with Crippen molar-refractivity contribution in [3.05, 3.63) is 47.2 Å². The van der Waals surface area contributed by atoms with Gasteiger partial charge in [0.2, 0.25) is 5.91 Å². The third-order valence-corrected chi connectivity index (χ3v) is 3.53. The van der Waals surface area contributed by atoms with Gasteiger partial charge in [-0.15, -0.1) is 0 Å². The molecule has 0 aliphatic carbocycles. The number of methoxy groups -OCH3 is 1. The van der Waals surface area contributed by atoms with E-state index in [1.54, 1.807) is 6.07 Å². The Morgan fingerprint density at radius 1 is 1.32 bits per heavy atom. The fraction of sp³-hybridized carbons (Fsp3) is 0.250. The minimum absolute atomic E-state index is 0.0157. The van der Waals surface area contributed by atoms with E-state index in [0.717, 1.165) is 12.7 Å². The molecular formula is C16H13N3O3. The number of benzene rings is 1. The summed E-state index contributed by atoms with van der Waals surface area (Å²) in [5.41, 5.74) is 0.480. The highest BCUT2D eigenvalue weighted by Crippen LogP contribution is 2.36. The van der Waals surface area contributed by atoms with E-state index in [9.17, 15) is 14.9 Å². The molecule has 0 radical (unpaired) electrons. The summed E-state index contributed by atoms with van der Waals surface area (Å²) in [7, 11) is 1.14. The molecule has 1 amide bonds. The standard InChI is InChI=1S/C16H13N3O3/c1-22-16(21)13(9-18)15-12(8-17)11(7-14(20)19-15)10-5-3-2-4-6-10/h2-6,11-12H,7H2,1H3,(H,19,20)/b15-13+/t11-,12+/m0/s1. The van der Waals surface area contributed by atoms with Gasteiger partial charge in [-0.05, 0) is 5.56 Å². The molecule has 2 atom stereocenters. The first-order chi connectivity index (χ1) is 10.6. The molecular weight excluding hydrogens is 282 g/mol. The van der Waals surface area contributed by atoms with Crippen molar-refractivity contribution in [2.75, 3.05) is 7.11 Å². The van der Waals surface area contributed by atoms with E-state index in [0.29, 0.717) is 0 Å². The second-order valence-corrected chi connectivity index (χ2v) is 4.77. The molecule has 110 valence electrons. The number of hydrogen-bond acceptors (Lipinski definition) is 5. The van der Waals surface area contributed by atoms with Crippen molar-refractivity contribution in [3.63, 3.8) is 0 Å². The van der Waals surface area contributed by atoms with Gasteiger partial charge in [-0.3, -0.25) is 4.79 Å². The molecule has 1 saturated heterocycles. The molecule has 1 heterocycles. The molecule has 0 saturated carbocycles. The van der Waals surface area contributed by atoms with E-state index in [1.165, 1.54) is 0 Å². The van der Waals surface area contributed by atoms with Crippen LogP contribution in [0.2, 0.25) is 0 Å². The van der Waals surface area contributed by atoms with Gasteiger partial charge in [0.1, 0.15) is 6.07 Å². The van der Waals surface area contributed by atoms with Gasteiger partial charge in [0.15, 0.2) is 5.57 Å². The van der Waals surface area contributed by atoms with E-state index < -0.39 is 17.8 Å². The van der Waals surface area contributed by atoms with Crippen molar-refractivity contribution >= 4 is 11.9 Å². The van der Waals surface area contributed by atoms with Gasteiger partial charge in [0.05, 0.1) is 24.8 Å². The fourth-order valence-corrected chi connectivity index (χ4v) is 2.50. The van der Waals surface area contributed by atoms with Gasteiger partial charge in [-0.2, -0.15) is 10.5 Å². The van der Waals surface area contributed by atoms with Gasteiger partial charge in [-0.1, -0.05) is 30.3 Å². The molecule has 1 aliphatic heterocycles. The number of piperidine rings is 1. The molecule has 22 heavy (non-hydrogen) atoms. The smallest absolute Gasteiger partial charge is 0.350 e. The van der Waals surface area contributed by atoms with Crippen LogP contribution in [0.1, 0.15) is 17.9 Å². The summed E-state index contributed by atoms with van der Waals surface area (Å²) in [5.74, 6) is -2.42. The quantitative estimate of drug-likeness (QED) is 0.504. The number of carbonyl (C=O) groups is 2. The average molecular weight is 295 g/mol. The van der Waals surface area contributed by atoms with E-state index in [-0.39, 0.29) is 23.6 Å². The lowest BCUT2D eigenvalue weighted by atomic mass is 9.78. The Morgan fingerprint density at radius 3 is 2.55 bits per heavy atom. The van der Waals surface area contributed by atoms with Crippen LogP contribution >= 0.6 is 0 Å². The molecule has 0 aromatic heterocycles. The molecule has 1 fully saturated rings. The number of allylic oxidation sites excluding steroid dienone is 1. The zero-order chi connectivity index (χ0) is 16.1. The van der Waals surface area contributed by atoms with Gasteiger partial charge in [-0.25, -0.2) is 4.79 Å². The lowest BCUT2D eigenvalue weighted by Gasteiger charge is -2.30. The largest absolute Gasteiger partial charge is 0.465 e. The molecule has 0 bridgehead atoms. The highest BCUT2D eigenvalue weighted by atomic mass is 16.5. The van der Waals surface area contributed by atoms with Crippen molar-refractivity contribution in [2.45, 2.75) is 12.3 Å². The minimum atomic E-state index is -0.869. The maximum absolute atomic E-state index is 11.9. The van der Waals surface area contributed by atoms with Crippen LogP contribution in [0.25, 0.3) is 0 Å². The molecule has 1 aromatic rings. The Hall–Kier alpha value is -3.12. The Bertz CT molecular complexity index is 710. The first-order valence-electron chi connectivity index (χ1n) is 6.59. The highest BCUT2D eigenvalue weighted by molar-refractivity contribution is 5.95. The number of carbonyl (C=O) groups excluding carboxylic acids is 2. The first kappa shape index (κ1) is 15.3. The SMILES string of the molecule is COC(=O)/C(C#N)=C1/NC(=O)C[C@@H](c2ccccc2)[C@H]1C#N. The Labute approximate surface area is 127 Å². The van der Waals surface area contributed by atoms with Crippen LogP contribution in [0.4, 0.5) is 0 Å². The predicted molar refractivity (Wildman–Crippen MR) is 75.7 cm³/mol. The van der Waals surface area contributed by atoms with Crippen molar-refractivity contribution < 1.29 is 14.3 Å². The third kappa shape index (κ3) is 2.82. The lowest BCUT2D eigenvalue weighted by molar-refractivity contribution is -0.135. The number of hydrogen-bond donors (Lipinski definition) is 1. The molecule has 0 unspecified atom stereocenters. The zero-order valence-corrected chi connectivity index (χ0v) is 11.9. The number of ether oxygens (including phenoxy) is 1. The lowest BCUT2D eigenvalue weighted by Crippen LogP contribution is -2.39. The van der Waals surface area contributed by atoms with Crippen LogP contribution in [0.3, 0.4) is 0 Å². The van der Waals surface area contributed by atoms with Crippen LogP contribution in [-0.2, 0) is 14.3 Å². The van der Waals surface area contributed by atoms with Crippen LogP contribution in [-0.4, -0.2) is 19.0 Å². The molecule has 1 N–H and O–H groups in total. The van der Waals surface area contributed by atoms with Gasteiger partial charge in [0, 0.05) is 12.3 Å². The molecule has 0 spiro atoms. The molecule has 6 nitrogen and oxygen atoms in total. The van der Waals surface area contributed by atoms with Crippen LogP contribution in [0.5, 0.6) is 0 Å². The average Bonchev–Trinajstić information content (AvgIpc) is 2.55. The number of nitriles is 2. The van der Waals surface area contributed by atoms with Crippen LogP contribution < -0.4 is 5.32 Å². The van der Waals surface area contributed by atoms with Crippen LogP contribution in [0, 0.1) is 28.6 Å². The Morgan fingerprint density at radius 2 is 2.00 bits per heavy atom.